The molecule has 0 spiro atoms. The van der Waals surface area contributed by atoms with E-state index in [1.807, 2.05) is 19.9 Å². The number of aryl methyl sites for hydroxylation is 1. The Morgan fingerprint density at radius 1 is 1.41 bits per heavy atom. The van der Waals surface area contributed by atoms with E-state index in [4.69, 9.17) is 5.73 Å². The van der Waals surface area contributed by atoms with Crippen LogP contribution in [0.4, 0.5) is 11.5 Å². The zero-order valence-electron chi connectivity index (χ0n) is 10.6. The molecule has 1 atom stereocenters. The molecule has 1 aromatic rings. The van der Waals surface area contributed by atoms with Crippen LogP contribution in [0.1, 0.15) is 31.7 Å². The Bertz CT molecular complexity index is 404. The molecule has 0 radical (unpaired) electrons. The van der Waals surface area contributed by atoms with E-state index in [2.05, 4.69) is 9.88 Å². The zero-order chi connectivity index (χ0) is 12.5. The van der Waals surface area contributed by atoms with Gasteiger partial charge in [0.15, 0.2) is 0 Å². The third-order valence-electron chi connectivity index (χ3n) is 3.52. The Morgan fingerprint density at radius 3 is 2.88 bits per heavy atom. The molecule has 0 bridgehead atoms. The van der Waals surface area contributed by atoms with Gasteiger partial charge in [0.25, 0.3) is 0 Å². The highest BCUT2D eigenvalue weighted by atomic mass is 16.3. The fourth-order valence-electron chi connectivity index (χ4n) is 2.22. The molecule has 1 unspecified atom stereocenters. The quantitative estimate of drug-likeness (QED) is 0.778. The van der Waals surface area contributed by atoms with Gasteiger partial charge in [-0.3, -0.25) is 0 Å². The lowest BCUT2D eigenvalue weighted by molar-refractivity contribution is 0.0481. The predicted molar refractivity (Wildman–Crippen MR) is 70.1 cm³/mol. The van der Waals surface area contributed by atoms with Crippen molar-refractivity contribution < 1.29 is 5.11 Å². The van der Waals surface area contributed by atoms with Crippen LogP contribution < -0.4 is 10.6 Å². The molecule has 2 rings (SSSR count). The van der Waals surface area contributed by atoms with E-state index in [-0.39, 0.29) is 0 Å². The number of nitrogens with two attached hydrogens (primary N) is 1. The van der Waals surface area contributed by atoms with Crippen LogP contribution in [0.2, 0.25) is 0 Å². The van der Waals surface area contributed by atoms with E-state index in [1.165, 1.54) is 0 Å². The Hall–Kier alpha value is -1.29. The number of nitrogen functional groups attached to an aromatic ring is 1. The number of aromatic nitrogens is 1. The van der Waals surface area contributed by atoms with Crippen LogP contribution in [0.3, 0.4) is 0 Å². The van der Waals surface area contributed by atoms with Crippen molar-refractivity contribution in [1.82, 2.24) is 4.98 Å². The number of rotatable bonds is 1. The van der Waals surface area contributed by atoms with E-state index in [0.29, 0.717) is 0 Å². The molecular formula is C13H21N3O. The van der Waals surface area contributed by atoms with Crippen molar-refractivity contribution in [1.29, 1.82) is 0 Å². The van der Waals surface area contributed by atoms with Crippen LogP contribution in [-0.4, -0.2) is 28.8 Å². The minimum Gasteiger partial charge on any atom is -0.397 e. The molecule has 0 amide bonds. The highest BCUT2D eigenvalue weighted by Gasteiger charge is 2.25. The van der Waals surface area contributed by atoms with Crippen molar-refractivity contribution in [2.45, 2.75) is 38.7 Å². The molecule has 0 aromatic carbocycles. The summed E-state index contributed by atoms with van der Waals surface area (Å²) in [6, 6.07) is 2.02. The molecule has 4 nitrogen and oxygen atoms in total. The third kappa shape index (κ3) is 2.88. The van der Waals surface area contributed by atoms with Crippen molar-refractivity contribution in [2.75, 3.05) is 23.7 Å². The van der Waals surface area contributed by atoms with Crippen LogP contribution >= 0.6 is 0 Å². The van der Waals surface area contributed by atoms with Gasteiger partial charge in [0.05, 0.1) is 17.5 Å². The summed E-state index contributed by atoms with van der Waals surface area (Å²) in [6.45, 7) is 5.71. The second-order valence-corrected chi connectivity index (χ2v) is 5.24. The van der Waals surface area contributed by atoms with E-state index in [9.17, 15) is 5.11 Å². The van der Waals surface area contributed by atoms with Crippen LogP contribution in [0.25, 0.3) is 0 Å². The van der Waals surface area contributed by atoms with E-state index in [1.54, 1.807) is 6.20 Å². The summed E-state index contributed by atoms with van der Waals surface area (Å²) in [4.78, 5) is 6.60. The maximum Gasteiger partial charge on any atom is 0.128 e. The molecule has 2 heterocycles. The van der Waals surface area contributed by atoms with Crippen LogP contribution in [0.15, 0.2) is 12.3 Å². The summed E-state index contributed by atoms with van der Waals surface area (Å²) in [6.07, 6.45) is 4.36. The summed E-state index contributed by atoms with van der Waals surface area (Å²) in [5.41, 5.74) is 7.03. The number of aliphatic hydroxyl groups is 1. The SMILES string of the molecule is Cc1cc(N2CCCC(C)(O)CC2)ncc1N. The molecule has 4 heteroatoms. The minimum absolute atomic E-state index is 0.530. The molecule has 1 fully saturated rings. The maximum atomic E-state index is 10.1. The monoisotopic (exact) mass is 235 g/mol. The molecule has 1 aliphatic heterocycles. The fourth-order valence-corrected chi connectivity index (χ4v) is 2.22. The number of nitrogens with zero attached hydrogens (tertiary/aromatic N) is 2. The van der Waals surface area contributed by atoms with E-state index >= 15 is 0 Å². The minimum atomic E-state index is -0.530. The first-order valence-electron chi connectivity index (χ1n) is 6.17. The largest absolute Gasteiger partial charge is 0.397 e. The maximum absolute atomic E-state index is 10.1. The summed E-state index contributed by atoms with van der Waals surface area (Å²) >= 11 is 0. The first-order chi connectivity index (χ1) is 7.98. The van der Waals surface area contributed by atoms with Gasteiger partial charge in [0.1, 0.15) is 5.82 Å². The van der Waals surface area contributed by atoms with Gasteiger partial charge in [-0.2, -0.15) is 0 Å². The van der Waals surface area contributed by atoms with E-state index < -0.39 is 5.60 Å². The number of hydrogen-bond acceptors (Lipinski definition) is 4. The summed E-state index contributed by atoms with van der Waals surface area (Å²) in [5.74, 6) is 0.967. The Labute approximate surface area is 102 Å². The van der Waals surface area contributed by atoms with Crippen molar-refractivity contribution >= 4 is 11.5 Å². The first-order valence-corrected chi connectivity index (χ1v) is 6.17. The average Bonchev–Trinajstić information content (AvgIpc) is 2.44. The Kier molecular flexibility index (Phi) is 3.24. The lowest BCUT2D eigenvalue weighted by Gasteiger charge is -2.23. The van der Waals surface area contributed by atoms with Gasteiger partial charge in [-0.05, 0) is 44.7 Å². The Morgan fingerprint density at radius 2 is 2.18 bits per heavy atom. The molecule has 17 heavy (non-hydrogen) atoms. The smallest absolute Gasteiger partial charge is 0.128 e. The highest BCUT2D eigenvalue weighted by molar-refractivity contribution is 5.52. The molecule has 0 aliphatic carbocycles. The topological polar surface area (TPSA) is 62.4 Å². The highest BCUT2D eigenvalue weighted by Crippen LogP contribution is 2.25. The number of hydrogen-bond donors (Lipinski definition) is 2. The van der Waals surface area contributed by atoms with Crippen LogP contribution in [0, 0.1) is 6.92 Å². The van der Waals surface area contributed by atoms with Crippen molar-refractivity contribution in [3.05, 3.63) is 17.8 Å². The average molecular weight is 235 g/mol. The zero-order valence-corrected chi connectivity index (χ0v) is 10.6. The van der Waals surface area contributed by atoms with Crippen LogP contribution in [0.5, 0.6) is 0 Å². The molecule has 1 saturated heterocycles. The fraction of sp³-hybridized carbons (Fsp3) is 0.615. The molecular weight excluding hydrogens is 214 g/mol. The van der Waals surface area contributed by atoms with Crippen LogP contribution in [-0.2, 0) is 0 Å². The number of pyridine rings is 1. The summed E-state index contributed by atoms with van der Waals surface area (Å²) in [7, 11) is 0. The summed E-state index contributed by atoms with van der Waals surface area (Å²) in [5, 5.41) is 10.1. The van der Waals surface area contributed by atoms with Gasteiger partial charge in [-0.25, -0.2) is 4.98 Å². The number of anilines is 2. The molecule has 3 N–H and O–H groups in total. The van der Waals surface area contributed by atoms with Gasteiger partial charge >= 0.3 is 0 Å². The van der Waals surface area contributed by atoms with Gasteiger partial charge in [0, 0.05) is 13.1 Å². The summed E-state index contributed by atoms with van der Waals surface area (Å²) < 4.78 is 0. The third-order valence-corrected chi connectivity index (χ3v) is 3.52. The van der Waals surface area contributed by atoms with E-state index in [0.717, 1.165) is 49.4 Å². The normalized spacial score (nSPS) is 25.7. The lowest BCUT2D eigenvalue weighted by atomic mass is 9.98. The van der Waals surface area contributed by atoms with Gasteiger partial charge in [-0.15, -0.1) is 0 Å². The molecule has 1 aromatic heterocycles. The first kappa shape index (κ1) is 12.2. The van der Waals surface area contributed by atoms with Gasteiger partial charge in [0.2, 0.25) is 0 Å². The van der Waals surface area contributed by atoms with Crippen molar-refractivity contribution in [3.63, 3.8) is 0 Å². The lowest BCUT2D eigenvalue weighted by Crippen LogP contribution is -2.28. The second-order valence-electron chi connectivity index (χ2n) is 5.24. The van der Waals surface area contributed by atoms with Gasteiger partial charge in [-0.1, -0.05) is 0 Å². The molecule has 1 aliphatic rings. The second kappa shape index (κ2) is 4.53. The molecule has 94 valence electrons. The van der Waals surface area contributed by atoms with Crippen molar-refractivity contribution in [3.8, 4) is 0 Å². The van der Waals surface area contributed by atoms with Gasteiger partial charge < -0.3 is 15.7 Å². The molecule has 0 saturated carbocycles. The Balaban J connectivity index is 2.14. The standard InChI is InChI=1S/C13H21N3O/c1-10-8-12(15-9-11(10)14)16-6-3-4-13(2,17)5-7-16/h8-9,17H,3-7,14H2,1-2H3. The predicted octanol–water partition coefficient (Wildman–Crippen LogP) is 1.71. The van der Waals surface area contributed by atoms with Crippen molar-refractivity contribution in [2.24, 2.45) is 0 Å².